The van der Waals surface area contributed by atoms with Gasteiger partial charge in [-0.3, -0.25) is 9.59 Å². The zero-order valence-electron chi connectivity index (χ0n) is 12.1. The molecular formula is C14H16F3NO3S. The fourth-order valence-electron chi connectivity index (χ4n) is 1.69. The van der Waals surface area contributed by atoms with Gasteiger partial charge < -0.3 is 10.0 Å². The van der Waals surface area contributed by atoms with Gasteiger partial charge in [0.25, 0.3) is 0 Å². The molecule has 0 saturated heterocycles. The van der Waals surface area contributed by atoms with Gasteiger partial charge in [0.15, 0.2) is 0 Å². The van der Waals surface area contributed by atoms with Crippen LogP contribution in [0.1, 0.15) is 19.4 Å². The molecule has 0 spiro atoms. The first-order valence-electron chi connectivity index (χ1n) is 6.42. The zero-order chi connectivity index (χ0) is 16.9. The lowest BCUT2D eigenvalue weighted by Gasteiger charge is -2.24. The number of halogens is 3. The van der Waals surface area contributed by atoms with Gasteiger partial charge in [-0.25, -0.2) is 0 Å². The molecule has 1 amide bonds. The number of thioether (sulfide) groups is 1. The van der Waals surface area contributed by atoms with Gasteiger partial charge in [-0.1, -0.05) is 6.07 Å². The van der Waals surface area contributed by atoms with Gasteiger partial charge in [0.05, 0.1) is 11.3 Å². The third-order valence-electron chi connectivity index (χ3n) is 2.77. The van der Waals surface area contributed by atoms with Crippen molar-refractivity contribution in [3.8, 4) is 0 Å². The van der Waals surface area contributed by atoms with E-state index in [4.69, 9.17) is 5.11 Å². The standard InChI is InChI=1S/C14H16F3NO3S/c1-9(2)18(7-13(20)21)12(19)8-22-11-5-3-4-10(6-11)14(15,16)17/h3-6,9H,7-8H2,1-2H3,(H,20,21). The molecule has 1 aromatic carbocycles. The van der Waals surface area contributed by atoms with Crippen LogP contribution in [0.5, 0.6) is 0 Å². The van der Waals surface area contributed by atoms with Crippen molar-refractivity contribution in [2.24, 2.45) is 0 Å². The maximum atomic E-state index is 12.6. The van der Waals surface area contributed by atoms with Gasteiger partial charge >= 0.3 is 12.1 Å². The average molecular weight is 335 g/mol. The van der Waals surface area contributed by atoms with E-state index in [1.54, 1.807) is 13.8 Å². The lowest BCUT2D eigenvalue weighted by atomic mass is 10.2. The number of aliphatic carboxylic acids is 1. The van der Waals surface area contributed by atoms with Gasteiger partial charge in [-0.15, -0.1) is 11.8 Å². The highest BCUT2D eigenvalue weighted by atomic mass is 32.2. The van der Waals surface area contributed by atoms with Crippen molar-refractivity contribution in [1.82, 2.24) is 4.90 Å². The number of alkyl halides is 3. The highest BCUT2D eigenvalue weighted by Crippen LogP contribution is 2.31. The lowest BCUT2D eigenvalue weighted by Crippen LogP contribution is -2.41. The molecule has 8 heteroatoms. The van der Waals surface area contributed by atoms with Crippen LogP contribution in [0.4, 0.5) is 13.2 Å². The molecule has 0 heterocycles. The SMILES string of the molecule is CC(C)N(CC(=O)O)C(=O)CSc1cccc(C(F)(F)F)c1. The molecule has 0 aliphatic heterocycles. The molecule has 0 aliphatic rings. The van der Waals surface area contributed by atoms with E-state index in [2.05, 4.69) is 0 Å². The fourth-order valence-corrected chi connectivity index (χ4v) is 2.54. The number of hydrogen-bond donors (Lipinski definition) is 1. The molecule has 1 rings (SSSR count). The first-order valence-corrected chi connectivity index (χ1v) is 7.41. The largest absolute Gasteiger partial charge is 0.480 e. The summed E-state index contributed by atoms with van der Waals surface area (Å²) in [7, 11) is 0. The van der Waals surface area contributed by atoms with E-state index in [1.165, 1.54) is 17.0 Å². The second kappa shape index (κ2) is 7.53. The smallest absolute Gasteiger partial charge is 0.416 e. The normalized spacial score (nSPS) is 11.5. The third-order valence-corrected chi connectivity index (χ3v) is 3.75. The number of amides is 1. The van der Waals surface area contributed by atoms with Gasteiger partial charge in [-0.05, 0) is 32.0 Å². The molecule has 0 fully saturated rings. The minimum atomic E-state index is -4.44. The van der Waals surface area contributed by atoms with Gasteiger partial charge in [0.2, 0.25) is 5.91 Å². The van der Waals surface area contributed by atoms with E-state index in [-0.39, 0.29) is 11.8 Å². The van der Waals surface area contributed by atoms with Crippen molar-refractivity contribution in [3.05, 3.63) is 29.8 Å². The highest BCUT2D eigenvalue weighted by molar-refractivity contribution is 8.00. The monoisotopic (exact) mass is 335 g/mol. The molecule has 0 bridgehead atoms. The van der Waals surface area contributed by atoms with Crippen molar-refractivity contribution in [2.75, 3.05) is 12.3 Å². The number of carboxylic acids is 1. The zero-order valence-corrected chi connectivity index (χ0v) is 12.9. The summed E-state index contributed by atoms with van der Waals surface area (Å²) < 4.78 is 37.8. The number of benzene rings is 1. The number of rotatable bonds is 6. The van der Waals surface area contributed by atoms with E-state index >= 15 is 0 Å². The Labute approximate surface area is 130 Å². The van der Waals surface area contributed by atoms with Crippen LogP contribution in [0, 0.1) is 0 Å². The maximum absolute atomic E-state index is 12.6. The molecule has 0 unspecified atom stereocenters. The topological polar surface area (TPSA) is 57.6 Å². The number of carbonyl (C=O) groups excluding carboxylic acids is 1. The van der Waals surface area contributed by atoms with E-state index in [0.717, 1.165) is 23.9 Å². The molecule has 1 aromatic rings. The Hall–Kier alpha value is -1.70. The Kier molecular flexibility index (Phi) is 6.28. The van der Waals surface area contributed by atoms with Gasteiger partial charge in [0.1, 0.15) is 6.54 Å². The summed E-state index contributed by atoms with van der Waals surface area (Å²) in [5.74, 6) is -1.68. The van der Waals surface area contributed by atoms with Crippen molar-refractivity contribution >= 4 is 23.6 Å². The summed E-state index contributed by atoms with van der Waals surface area (Å²) in [5, 5.41) is 8.77. The Morgan fingerprint density at radius 2 is 1.95 bits per heavy atom. The van der Waals surface area contributed by atoms with Crippen LogP contribution in [0.15, 0.2) is 29.2 Å². The number of nitrogens with zero attached hydrogens (tertiary/aromatic N) is 1. The molecule has 1 N–H and O–H groups in total. The second-order valence-corrected chi connectivity index (χ2v) is 5.87. The molecular weight excluding hydrogens is 319 g/mol. The summed E-state index contributed by atoms with van der Waals surface area (Å²) in [6.07, 6.45) is -4.44. The summed E-state index contributed by atoms with van der Waals surface area (Å²) in [4.78, 5) is 24.2. The van der Waals surface area contributed by atoms with Crippen molar-refractivity contribution < 1.29 is 27.9 Å². The first-order chi connectivity index (χ1) is 10.1. The van der Waals surface area contributed by atoms with Crippen LogP contribution in [0.2, 0.25) is 0 Å². The Morgan fingerprint density at radius 3 is 2.45 bits per heavy atom. The minimum absolute atomic E-state index is 0.118. The van der Waals surface area contributed by atoms with Crippen molar-refractivity contribution in [3.63, 3.8) is 0 Å². The van der Waals surface area contributed by atoms with E-state index in [0.29, 0.717) is 4.90 Å². The summed E-state index contributed by atoms with van der Waals surface area (Å²) in [6, 6.07) is 4.37. The molecule has 0 aromatic heterocycles. The van der Waals surface area contributed by atoms with Crippen LogP contribution in [0.3, 0.4) is 0 Å². The molecule has 0 saturated carbocycles. The van der Waals surface area contributed by atoms with Crippen LogP contribution >= 0.6 is 11.8 Å². The third kappa shape index (κ3) is 5.59. The minimum Gasteiger partial charge on any atom is -0.480 e. The second-order valence-electron chi connectivity index (χ2n) is 4.82. The first kappa shape index (κ1) is 18.3. The van der Waals surface area contributed by atoms with Crippen LogP contribution in [0.25, 0.3) is 0 Å². The van der Waals surface area contributed by atoms with E-state index in [9.17, 15) is 22.8 Å². The fraction of sp³-hybridized carbons (Fsp3) is 0.429. The van der Waals surface area contributed by atoms with Crippen molar-refractivity contribution in [2.45, 2.75) is 31.0 Å². The Bertz CT molecular complexity index is 546. The maximum Gasteiger partial charge on any atom is 0.416 e. The number of hydrogen-bond acceptors (Lipinski definition) is 3. The predicted molar refractivity (Wildman–Crippen MR) is 76.7 cm³/mol. The molecule has 4 nitrogen and oxygen atoms in total. The van der Waals surface area contributed by atoms with E-state index in [1.807, 2.05) is 0 Å². The summed E-state index contributed by atoms with van der Waals surface area (Å²) >= 11 is 0.947. The van der Waals surface area contributed by atoms with Gasteiger partial charge in [-0.2, -0.15) is 13.2 Å². The van der Waals surface area contributed by atoms with Crippen LogP contribution in [-0.2, 0) is 15.8 Å². The Morgan fingerprint density at radius 1 is 1.32 bits per heavy atom. The molecule has 122 valence electrons. The number of carbonyl (C=O) groups is 2. The molecule has 0 aliphatic carbocycles. The number of carboxylic acid groups (broad SMARTS) is 1. The Balaban J connectivity index is 2.72. The molecule has 22 heavy (non-hydrogen) atoms. The van der Waals surface area contributed by atoms with E-state index < -0.39 is 30.2 Å². The summed E-state index contributed by atoms with van der Waals surface area (Å²) in [5.41, 5.74) is -0.781. The summed E-state index contributed by atoms with van der Waals surface area (Å²) in [6.45, 7) is 2.92. The highest BCUT2D eigenvalue weighted by Gasteiger charge is 2.30. The molecule has 0 atom stereocenters. The lowest BCUT2D eigenvalue weighted by molar-refractivity contribution is -0.144. The van der Waals surface area contributed by atoms with Crippen LogP contribution in [-0.4, -0.2) is 40.2 Å². The predicted octanol–water partition coefficient (Wildman–Crippen LogP) is 3.12. The quantitative estimate of drug-likeness (QED) is 0.812. The van der Waals surface area contributed by atoms with Gasteiger partial charge in [0, 0.05) is 10.9 Å². The van der Waals surface area contributed by atoms with Crippen molar-refractivity contribution in [1.29, 1.82) is 0 Å². The average Bonchev–Trinajstić information content (AvgIpc) is 2.41. The molecule has 0 radical (unpaired) electrons. The van der Waals surface area contributed by atoms with Crippen LogP contribution < -0.4 is 0 Å².